The van der Waals surface area contributed by atoms with Crippen LogP contribution in [0.2, 0.25) is 0 Å². The van der Waals surface area contributed by atoms with E-state index in [9.17, 15) is 8.78 Å². The van der Waals surface area contributed by atoms with E-state index in [0.29, 0.717) is 25.3 Å². The van der Waals surface area contributed by atoms with Gasteiger partial charge in [-0.25, -0.2) is 8.78 Å². The molecule has 1 aromatic rings. The number of hydrogen-bond acceptors (Lipinski definition) is 3. The molecule has 0 saturated carbocycles. The molecule has 1 N–H and O–H groups in total. The third-order valence-corrected chi connectivity index (χ3v) is 3.68. The Bertz CT molecular complexity index is 444. The van der Waals surface area contributed by atoms with E-state index in [2.05, 4.69) is 5.32 Å². The number of nitrogens with zero attached hydrogens (tertiary/aromatic N) is 1. The fourth-order valence-corrected chi connectivity index (χ4v) is 2.65. The molecule has 112 valence electrons. The van der Waals surface area contributed by atoms with Gasteiger partial charge in [0, 0.05) is 13.1 Å². The van der Waals surface area contributed by atoms with Crippen LogP contribution in [0.25, 0.3) is 0 Å². The minimum atomic E-state index is -0.497. The monoisotopic (exact) mass is 284 g/mol. The predicted octanol–water partition coefficient (Wildman–Crippen LogP) is 2.69. The Balaban J connectivity index is 2.34. The molecule has 2 rings (SSSR count). The minimum absolute atomic E-state index is 0.0188. The quantitative estimate of drug-likeness (QED) is 0.920. The first-order chi connectivity index (χ1) is 9.56. The largest absolute Gasteiger partial charge is 0.375 e. The lowest BCUT2D eigenvalue weighted by Crippen LogP contribution is -2.49. The maximum absolute atomic E-state index is 14.3. The second kappa shape index (κ2) is 6.50. The molecule has 1 aromatic carbocycles. The Labute approximate surface area is 118 Å². The van der Waals surface area contributed by atoms with Crippen molar-refractivity contribution in [1.82, 2.24) is 5.32 Å². The van der Waals surface area contributed by atoms with Gasteiger partial charge in [-0.3, -0.25) is 0 Å². The number of benzene rings is 1. The fourth-order valence-electron chi connectivity index (χ4n) is 2.65. The first kappa shape index (κ1) is 15.2. The van der Waals surface area contributed by atoms with E-state index in [4.69, 9.17) is 4.74 Å². The lowest BCUT2D eigenvalue weighted by molar-refractivity contribution is 0.0294. The summed E-state index contributed by atoms with van der Waals surface area (Å²) >= 11 is 0. The smallest absolute Gasteiger partial charge is 0.149 e. The number of hydrogen-bond donors (Lipinski definition) is 1. The van der Waals surface area contributed by atoms with Crippen LogP contribution in [-0.4, -0.2) is 32.3 Å². The first-order valence-corrected chi connectivity index (χ1v) is 7.07. The summed E-state index contributed by atoms with van der Waals surface area (Å²) in [5.74, 6) is -0.995. The maximum Gasteiger partial charge on any atom is 0.149 e. The summed E-state index contributed by atoms with van der Waals surface area (Å²) < 4.78 is 34.2. The average molecular weight is 284 g/mol. The zero-order valence-corrected chi connectivity index (χ0v) is 12.2. The van der Waals surface area contributed by atoms with Crippen molar-refractivity contribution in [3.8, 4) is 0 Å². The first-order valence-electron chi connectivity index (χ1n) is 7.07. The third-order valence-electron chi connectivity index (χ3n) is 3.68. The molecule has 1 heterocycles. The van der Waals surface area contributed by atoms with Crippen LogP contribution < -0.4 is 10.2 Å². The summed E-state index contributed by atoms with van der Waals surface area (Å²) in [5, 5.41) is 2.90. The summed E-state index contributed by atoms with van der Waals surface area (Å²) in [5.41, 5.74) is 0.687. The second-order valence-electron chi connectivity index (χ2n) is 5.30. The van der Waals surface area contributed by atoms with Gasteiger partial charge < -0.3 is 15.0 Å². The highest BCUT2D eigenvalue weighted by Gasteiger charge is 2.29. The third kappa shape index (κ3) is 3.10. The highest BCUT2D eigenvalue weighted by molar-refractivity contribution is 5.52. The SMILES string of the molecule is CCC1COC(C)CN1c1c(F)cc(CNC)cc1F. The number of halogens is 2. The Morgan fingerprint density at radius 1 is 1.35 bits per heavy atom. The van der Waals surface area contributed by atoms with Crippen LogP contribution in [0, 0.1) is 11.6 Å². The van der Waals surface area contributed by atoms with Gasteiger partial charge in [-0.2, -0.15) is 0 Å². The van der Waals surface area contributed by atoms with Gasteiger partial charge in [0.2, 0.25) is 0 Å². The number of nitrogens with one attached hydrogen (secondary N) is 1. The Morgan fingerprint density at radius 3 is 2.55 bits per heavy atom. The van der Waals surface area contributed by atoms with Crippen molar-refractivity contribution in [3.05, 3.63) is 29.3 Å². The Morgan fingerprint density at radius 2 is 2.00 bits per heavy atom. The van der Waals surface area contributed by atoms with Crippen LogP contribution in [0.4, 0.5) is 14.5 Å². The zero-order valence-electron chi connectivity index (χ0n) is 12.2. The molecule has 3 nitrogen and oxygen atoms in total. The molecule has 5 heteroatoms. The normalized spacial score (nSPS) is 23.1. The number of anilines is 1. The van der Waals surface area contributed by atoms with Crippen LogP contribution in [0.1, 0.15) is 25.8 Å². The number of morpholine rings is 1. The van der Waals surface area contributed by atoms with Gasteiger partial charge in [0.25, 0.3) is 0 Å². The van der Waals surface area contributed by atoms with Crippen molar-refractivity contribution < 1.29 is 13.5 Å². The average Bonchev–Trinajstić information content (AvgIpc) is 2.38. The predicted molar refractivity (Wildman–Crippen MR) is 76.0 cm³/mol. The second-order valence-corrected chi connectivity index (χ2v) is 5.30. The van der Waals surface area contributed by atoms with Gasteiger partial charge in [-0.15, -0.1) is 0 Å². The number of ether oxygens (including phenoxy) is 1. The summed E-state index contributed by atoms with van der Waals surface area (Å²) in [4.78, 5) is 1.81. The van der Waals surface area contributed by atoms with Crippen molar-refractivity contribution in [2.45, 2.75) is 39.0 Å². The van der Waals surface area contributed by atoms with E-state index in [1.165, 1.54) is 12.1 Å². The minimum Gasteiger partial charge on any atom is -0.375 e. The molecular weight excluding hydrogens is 262 g/mol. The fraction of sp³-hybridized carbons (Fsp3) is 0.600. The molecule has 2 atom stereocenters. The van der Waals surface area contributed by atoms with Crippen LogP contribution in [-0.2, 0) is 11.3 Å². The van der Waals surface area contributed by atoms with E-state index < -0.39 is 11.6 Å². The summed E-state index contributed by atoms with van der Waals surface area (Å²) in [7, 11) is 1.75. The van der Waals surface area contributed by atoms with Gasteiger partial charge in [-0.1, -0.05) is 6.92 Å². The van der Waals surface area contributed by atoms with E-state index in [-0.39, 0.29) is 17.8 Å². The van der Waals surface area contributed by atoms with Gasteiger partial charge in [0.05, 0.1) is 18.8 Å². The van der Waals surface area contributed by atoms with Gasteiger partial charge in [0.15, 0.2) is 0 Å². The maximum atomic E-state index is 14.3. The molecule has 0 amide bonds. The molecule has 0 aromatic heterocycles. The van der Waals surface area contributed by atoms with E-state index >= 15 is 0 Å². The number of rotatable bonds is 4. The van der Waals surface area contributed by atoms with Crippen molar-refractivity contribution in [2.24, 2.45) is 0 Å². The standard InChI is InChI=1S/C15H22F2N2O/c1-4-12-9-20-10(2)8-19(12)15-13(16)5-11(7-18-3)6-14(15)17/h5-6,10,12,18H,4,7-9H2,1-3H3. The highest BCUT2D eigenvalue weighted by atomic mass is 19.1. The summed E-state index contributed by atoms with van der Waals surface area (Å²) in [6.45, 7) is 5.39. The molecule has 1 aliphatic heterocycles. The van der Waals surface area contributed by atoms with E-state index in [1.807, 2.05) is 18.7 Å². The van der Waals surface area contributed by atoms with Crippen molar-refractivity contribution >= 4 is 5.69 Å². The lowest BCUT2D eigenvalue weighted by Gasteiger charge is -2.40. The summed E-state index contributed by atoms with van der Waals surface area (Å²) in [6.07, 6.45) is 0.776. The highest BCUT2D eigenvalue weighted by Crippen LogP contribution is 2.30. The van der Waals surface area contributed by atoms with Gasteiger partial charge in [0.1, 0.15) is 17.3 Å². The molecule has 0 radical (unpaired) electrons. The van der Waals surface area contributed by atoms with Crippen molar-refractivity contribution in [2.75, 3.05) is 25.1 Å². The summed E-state index contributed by atoms with van der Waals surface area (Å²) in [6, 6.07) is 2.83. The van der Waals surface area contributed by atoms with Crippen LogP contribution >= 0.6 is 0 Å². The zero-order chi connectivity index (χ0) is 14.7. The lowest BCUT2D eigenvalue weighted by atomic mass is 10.1. The Kier molecular flexibility index (Phi) is 4.94. The molecule has 2 unspecified atom stereocenters. The molecule has 0 spiro atoms. The van der Waals surface area contributed by atoms with Gasteiger partial charge in [-0.05, 0) is 38.1 Å². The molecule has 0 aliphatic carbocycles. The molecule has 20 heavy (non-hydrogen) atoms. The molecule has 1 saturated heterocycles. The molecule has 0 bridgehead atoms. The molecule has 1 fully saturated rings. The molecule has 1 aliphatic rings. The Hall–Kier alpha value is -1.20. The van der Waals surface area contributed by atoms with E-state index in [1.54, 1.807) is 7.05 Å². The van der Waals surface area contributed by atoms with Crippen LogP contribution in [0.15, 0.2) is 12.1 Å². The van der Waals surface area contributed by atoms with Gasteiger partial charge >= 0.3 is 0 Å². The van der Waals surface area contributed by atoms with Crippen molar-refractivity contribution in [1.29, 1.82) is 0 Å². The topological polar surface area (TPSA) is 24.5 Å². The van der Waals surface area contributed by atoms with Crippen molar-refractivity contribution in [3.63, 3.8) is 0 Å². The van der Waals surface area contributed by atoms with Crippen LogP contribution in [0.5, 0.6) is 0 Å². The van der Waals surface area contributed by atoms with Crippen LogP contribution in [0.3, 0.4) is 0 Å². The molecular formula is C15H22F2N2O. The van der Waals surface area contributed by atoms with E-state index in [0.717, 1.165) is 6.42 Å².